The number of halogens is 2. The SMILES string of the molecule is COC(=O)C1=C(CN2C3CCC2CC(O)C3)NC(c2nccs2)=NC1c1ccc(F)cc1Cl. The number of aliphatic hydroxyl groups is 1. The highest BCUT2D eigenvalue weighted by molar-refractivity contribution is 7.11. The minimum Gasteiger partial charge on any atom is -0.466 e. The molecule has 5 rings (SSSR count). The van der Waals surface area contributed by atoms with E-state index in [0.717, 1.165) is 25.7 Å². The monoisotopic (exact) mass is 490 g/mol. The number of esters is 1. The average molecular weight is 491 g/mol. The van der Waals surface area contributed by atoms with Crippen molar-refractivity contribution in [3.63, 3.8) is 0 Å². The van der Waals surface area contributed by atoms with E-state index in [1.54, 1.807) is 12.3 Å². The predicted molar refractivity (Wildman–Crippen MR) is 124 cm³/mol. The number of methoxy groups -OCH3 is 1. The van der Waals surface area contributed by atoms with Gasteiger partial charge in [0.05, 0.1) is 18.8 Å². The molecule has 33 heavy (non-hydrogen) atoms. The fourth-order valence-corrected chi connectivity index (χ4v) is 6.01. The van der Waals surface area contributed by atoms with Gasteiger partial charge in [-0.25, -0.2) is 14.2 Å². The Morgan fingerprint density at radius 1 is 1.36 bits per heavy atom. The third-order valence-electron chi connectivity index (χ3n) is 6.62. The van der Waals surface area contributed by atoms with Crippen LogP contribution in [0.5, 0.6) is 0 Å². The number of piperidine rings is 1. The maximum atomic E-state index is 13.8. The quantitative estimate of drug-likeness (QED) is 0.624. The van der Waals surface area contributed by atoms with E-state index in [2.05, 4.69) is 15.2 Å². The van der Waals surface area contributed by atoms with Crippen LogP contribution < -0.4 is 5.32 Å². The van der Waals surface area contributed by atoms with E-state index in [4.69, 9.17) is 21.3 Å². The molecule has 1 aromatic heterocycles. The molecule has 2 aromatic rings. The average Bonchev–Trinajstić information content (AvgIpc) is 3.40. The minimum absolute atomic E-state index is 0.186. The van der Waals surface area contributed by atoms with Gasteiger partial charge in [0.2, 0.25) is 0 Å². The first-order valence-electron chi connectivity index (χ1n) is 10.9. The second-order valence-corrected chi connectivity index (χ2v) is 9.88. The molecule has 0 radical (unpaired) electrons. The fraction of sp³-hybridized carbons (Fsp3) is 0.435. The van der Waals surface area contributed by atoms with Gasteiger partial charge in [0, 0.05) is 46.5 Å². The van der Waals surface area contributed by atoms with Crippen LogP contribution in [-0.4, -0.2) is 58.6 Å². The zero-order chi connectivity index (χ0) is 23.1. The molecule has 3 aliphatic heterocycles. The molecule has 3 atom stereocenters. The van der Waals surface area contributed by atoms with Crippen LogP contribution in [0.3, 0.4) is 0 Å². The van der Waals surface area contributed by atoms with Crippen LogP contribution in [0.4, 0.5) is 4.39 Å². The summed E-state index contributed by atoms with van der Waals surface area (Å²) in [5.74, 6) is -0.453. The topological polar surface area (TPSA) is 87.0 Å². The van der Waals surface area contributed by atoms with E-state index >= 15 is 0 Å². The van der Waals surface area contributed by atoms with Crippen molar-refractivity contribution in [1.29, 1.82) is 0 Å². The Morgan fingerprint density at radius 3 is 2.76 bits per heavy atom. The standard InChI is InChI=1S/C23H24ClFN4O3S/c1-32-23(31)19-18(11-29-13-3-4-14(29)10-15(30)9-13)27-21(22-26-6-7-33-22)28-20(19)16-5-2-12(25)8-17(16)24/h2,5-8,13-15,20,30H,3-4,9-11H2,1H3,(H,27,28). The molecule has 2 bridgehead atoms. The number of aromatic nitrogens is 1. The largest absolute Gasteiger partial charge is 0.466 e. The van der Waals surface area contributed by atoms with Crippen LogP contribution in [0.15, 0.2) is 46.0 Å². The van der Waals surface area contributed by atoms with E-state index < -0.39 is 17.8 Å². The summed E-state index contributed by atoms with van der Waals surface area (Å²) in [5, 5.41) is 16.3. The van der Waals surface area contributed by atoms with Gasteiger partial charge in [-0.1, -0.05) is 17.7 Å². The van der Waals surface area contributed by atoms with E-state index in [1.807, 2.05) is 5.38 Å². The maximum absolute atomic E-state index is 13.8. The first-order chi connectivity index (χ1) is 15.9. The zero-order valence-electron chi connectivity index (χ0n) is 18.0. The van der Waals surface area contributed by atoms with E-state index in [-0.39, 0.29) is 23.2 Å². The van der Waals surface area contributed by atoms with Crippen LogP contribution in [0, 0.1) is 5.82 Å². The Balaban J connectivity index is 1.60. The normalized spacial score (nSPS) is 27.3. The number of hydrogen-bond acceptors (Lipinski definition) is 8. The number of aliphatic hydroxyl groups excluding tert-OH is 1. The summed E-state index contributed by atoms with van der Waals surface area (Å²) in [5.41, 5.74) is 1.53. The molecule has 4 heterocycles. The summed E-state index contributed by atoms with van der Waals surface area (Å²) < 4.78 is 18.9. The molecule has 174 valence electrons. The van der Waals surface area contributed by atoms with Crippen LogP contribution in [-0.2, 0) is 9.53 Å². The summed E-state index contributed by atoms with van der Waals surface area (Å²) in [6.07, 6.45) is 4.88. The highest BCUT2D eigenvalue weighted by atomic mass is 35.5. The highest BCUT2D eigenvalue weighted by Gasteiger charge is 2.42. The Morgan fingerprint density at radius 2 is 2.12 bits per heavy atom. The lowest BCUT2D eigenvalue weighted by Crippen LogP contribution is -2.48. The van der Waals surface area contributed by atoms with Gasteiger partial charge in [0.25, 0.3) is 0 Å². The van der Waals surface area contributed by atoms with Gasteiger partial charge in [-0.3, -0.25) is 9.89 Å². The number of carbonyl (C=O) groups excluding carboxylic acids is 1. The molecule has 2 fully saturated rings. The first-order valence-corrected chi connectivity index (χ1v) is 12.1. The molecule has 0 aliphatic carbocycles. The summed E-state index contributed by atoms with van der Waals surface area (Å²) in [4.78, 5) is 24.5. The summed E-state index contributed by atoms with van der Waals surface area (Å²) >= 11 is 7.83. The predicted octanol–water partition coefficient (Wildman–Crippen LogP) is 3.44. The number of ether oxygens (including phenoxy) is 1. The summed E-state index contributed by atoms with van der Waals surface area (Å²) in [6, 6.07) is 3.82. The van der Waals surface area contributed by atoms with Crippen molar-refractivity contribution in [3.8, 4) is 0 Å². The van der Waals surface area contributed by atoms with Gasteiger partial charge in [-0.05, 0) is 37.8 Å². The zero-order valence-corrected chi connectivity index (χ0v) is 19.6. The molecule has 2 saturated heterocycles. The van der Waals surface area contributed by atoms with Gasteiger partial charge in [0.1, 0.15) is 11.9 Å². The van der Waals surface area contributed by atoms with E-state index in [0.29, 0.717) is 34.2 Å². The van der Waals surface area contributed by atoms with Crippen molar-refractivity contribution in [1.82, 2.24) is 15.2 Å². The lowest BCUT2D eigenvalue weighted by atomic mass is 9.94. The number of hydrogen-bond donors (Lipinski definition) is 2. The van der Waals surface area contributed by atoms with Gasteiger partial charge < -0.3 is 15.2 Å². The number of aliphatic imine (C=N–C) groups is 1. The van der Waals surface area contributed by atoms with E-state index in [1.165, 1.54) is 30.6 Å². The van der Waals surface area contributed by atoms with Gasteiger partial charge in [-0.2, -0.15) is 0 Å². The lowest BCUT2D eigenvalue weighted by Gasteiger charge is -2.39. The van der Waals surface area contributed by atoms with Crippen molar-refractivity contribution in [2.24, 2.45) is 4.99 Å². The number of amidine groups is 1. The van der Waals surface area contributed by atoms with Gasteiger partial charge in [0.15, 0.2) is 10.8 Å². The van der Waals surface area contributed by atoms with Crippen LogP contribution in [0.1, 0.15) is 42.3 Å². The molecule has 2 N–H and O–H groups in total. The third kappa shape index (κ3) is 4.30. The molecule has 3 aliphatic rings. The fourth-order valence-electron chi connectivity index (χ4n) is 5.15. The molecular formula is C23H24ClFN4O3S. The summed E-state index contributed by atoms with van der Waals surface area (Å²) in [7, 11) is 1.33. The van der Waals surface area contributed by atoms with Crippen LogP contribution >= 0.6 is 22.9 Å². The van der Waals surface area contributed by atoms with Crippen molar-refractivity contribution < 1.29 is 19.0 Å². The number of benzene rings is 1. The summed E-state index contributed by atoms with van der Waals surface area (Å²) in [6.45, 7) is 0.478. The van der Waals surface area contributed by atoms with Crippen molar-refractivity contribution in [2.75, 3.05) is 13.7 Å². The number of nitrogens with one attached hydrogen (secondary N) is 1. The Kier molecular flexibility index (Phi) is 6.22. The second kappa shape index (κ2) is 9.13. The molecule has 0 saturated carbocycles. The van der Waals surface area contributed by atoms with Crippen molar-refractivity contribution in [2.45, 2.75) is 49.9 Å². The number of rotatable bonds is 5. The molecule has 1 aromatic carbocycles. The molecular weight excluding hydrogens is 467 g/mol. The van der Waals surface area contributed by atoms with Crippen LogP contribution in [0.2, 0.25) is 5.02 Å². The van der Waals surface area contributed by atoms with Crippen molar-refractivity contribution >= 4 is 34.7 Å². The third-order valence-corrected chi connectivity index (χ3v) is 7.73. The smallest absolute Gasteiger partial charge is 0.338 e. The molecule has 10 heteroatoms. The van der Waals surface area contributed by atoms with Gasteiger partial charge in [-0.15, -0.1) is 11.3 Å². The lowest BCUT2D eigenvalue weighted by molar-refractivity contribution is -0.136. The second-order valence-electron chi connectivity index (χ2n) is 8.57. The minimum atomic E-state index is -0.770. The number of thiazole rings is 1. The number of fused-ring (bicyclic) bond motifs is 2. The molecule has 0 amide bonds. The number of nitrogens with zero attached hydrogens (tertiary/aromatic N) is 3. The van der Waals surface area contributed by atoms with Crippen molar-refractivity contribution in [3.05, 3.63) is 62.5 Å². The first kappa shape index (κ1) is 22.5. The van der Waals surface area contributed by atoms with Crippen LogP contribution in [0.25, 0.3) is 0 Å². The maximum Gasteiger partial charge on any atom is 0.338 e. The van der Waals surface area contributed by atoms with Gasteiger partial charge >= 0.3 is 5.97 Å². The Hall–Kier alpha value is -2.33. The Bertz CT molecular complexity index is 1110. The molecule has 7 nitrogen and oxygen atoms in total. The molecule has 3 unspecified atom stereocenters. The van der Waals surface area contributed by atoms with E-state index in [9.17, 15) is 14.3 Å². The molecule has 0 spiro atoms. The highest BCUT2D eigenvalue weighted by Crippen LogP contribution is 2.40. The number of carbonyl (C=O) groups is 1. The Labute approximate surface area is 199 Å².